The summed E-state index contributed by atoms with van der Waals surface area (Å²) in [4.78, 5) is 15.7. The van der Waals surface area contributed by atoms with E-state index >= 15 is 0 Å². The molecule has 3 aromatic rings. The first kappa shape index (κ1) is 26.7. The summed E-state index contributed by atoms with van der Waals surface area (Å²) in [5.41, 5.74) is 1.57. The predicted molar refractivity (Wildman–Crippen MR) is 150 cm³/mol. The Balaban J connectivity index is 1.40. The molecule has 1 aromatic heterocycles. The van der Waals surface area contributed by atoms with E-state index in [0.717, 1.165) is 18.4 Å². The quantitative estimate of drug-likeness (QED) is 0.406. The molecule has 10 heteroatoms. The van der Waals surface area contributed by atoms with Crippen molar-refractivity contribution in [2.45, 2.75) is 44.5 Å². The van der Waals surface area contributed by atoms with Crippen LogP contribution in [0.2, 0.25) is 5.02 Å². The Kier molecular flexibility index (Phi) is 8.07. The number of sulfonamides is 1. The summed E-state index contributed by atoms with van der Waals surface area (Å²) in [6, 6.07) is 16.2. The highest BCUT2D eigenvalue weighted by Gasteiger charge is 2.31. The zero-order valence-electron chi connectivity index (χ0n) is 21.5. The van der Waals surface area contributed by atoms with Gasteiger partial charge in [0, 0.05) is 31.2 Å². The van der Waals surface area contributed by atoms with Crippen molar-refractivity contribution >= 4 is 27.3 Å². The van der Waals surface area contributed by atoms with Crippen molar-refractivity contribution in [3.05, 3.63) is 81.7 Å². The van der Waals surface area contributed by atoms with Crippen LogP contribution >= 0.6 is 11.6 Å². The van der Waals surface area contributed by atoms with Crippen LogP contribution in [0.15, 0.2) is 65.6 Å². The van der Waals surface area contributed by atoms with Crippen molar-refractivity contribution in [1.29, 1.82) is 0 Å². The standard InChI is InChI=1S/C28H33ClN4O4S/c1-21(23-10-5-6-11-23)37-27-26(19-30-33(28(27)34)25-13-7-12-24(29)18-25)31-14-16-32(17-15-31)38(35,36)20-22-8-3-2-4-9-22/h2-4,7-9,12-13,18-19,21,23H,5-6,10-11,14-17,20H2,1H3. The molecule has 1 aliphatic heterocycles. The lowest BCUT2D eigenvalue weighted by molar-refractivity contribution is 0.151. The molecule has 5 rings (SSSR count). The molecular formula is C28H33ClN4O4S. The fourth-order valence-corrected chi connectivity index (χ4v) is 7.05. The fraction of sp³-hybridized carbons (Fsp3) is 0.429. The molecule has 0 amide bonds. The number of halogens is 1. The van der Waals surface area contributed by atoms with Crippen LogP contribution in [-0.2, 0) is 15.8 Å². The molecular weight excluding hydrogens is 524 g/mol. The molecule has 8 nitrogen and oxygen atoms in total. The smallest absolute Gasteiger partial charge is 0.316 e. The molecule has 202 valence electrons. The average molecular weight is 557 g/mol. The van der Waals surface area contributed by atoms with E-state index in [1.165, 1.54) is 21.8 Å². The van der Waals surface area contributed by atoms with E-state index in [9.17, 15) is 13.2 Å². The van der Waals surface area contributed by atoms with E-state index in [0.29, 0.717) is 48.5 Å². The number of aromatic nitrogens is 2. The van der Waals surface area contributed by atoms with Gasteiger partial charge in [0.05, 0.1) is 23.7 Å². The molecule has 0 spiro atoms. The van der Waals surface area contributed by atoms with Crippen LogP contribution in [0, 0.1) is 5.92 Å². The van der Waals surface area contributed by atoms with Gasteiger partial charge >= 0.3 is 5.56 Å². The van der Waals surface area contributed by atoms with Crippen molar-refractivity contribution in [2.75, 3.05) is 31.1 Å². The minimum absolute atomic E-state index is 0.0294. The third-order valence-corrected chi connectivity index (χ3v) is 9.58. The summed E-state index contributed by atoms with van der Waals surface area (Å²) in [5, 5.41) is 4.96. The van der Waals surface area contributed by atoms with Crippen LogP contribution in [0.4, 0.5) is 5.69 Å². The Labute approximate surface area is 228 Å². The molecule has 38 heavy (non-hydrogen) atoms. The van der Waals surface area contributed by atoms with E-state index < -0.39 is 10.0 Å². The lowest BCUT2D eigenvalue weighted by atomic mass is 10.0. The SMILES string of the molecule is CC(Oc1c(N2CCN(S(=O)(=O)Cc3ccccc3)CC2)cnn(-c2cccc(Cl)c2)c1=O)C1CCCC1. The Morgan fingerprint density at radius 1 is 1.03 bits per heavy atom. The van der Waals surface area contributed by atoms with Gasteiger partial charge in [0.25, 0.3) is 0 Å². The number of hydrogen-bond donors (Lipinski definition) is 0. The van der Waals surface area contributed by atoms with Gasteiger partial charge in [0.2, 0.25) is 15.8 Å². The van der Waals surface area contributed by atoms with Crippen LogP contribution in [-0.4, -0.2) is 54.8 Å². The molecule has 1 saturated carbocycles. The van der Waals surface area contributed by atoms with Crippen LogP contribution in [0.1, 0.15) is 38.2 Å². The Morgan fingerprint density at radius 3 is 2.42 bits per heavy atom. The van der Waals surface area contributed by atoms with Crippen molar-refractivity contribution in [3.63, 3.8) is 0 Å². The van der Waals surface area contributed by atoms with Crippen LogP contribution < -0.4 is 15.2 Å². The second kappa shape index (κ2) is 11.5. The number of piperazine rings is 1. The first-order chi connectivity index (χ1) is 18.3. The Morgan fingerprint density at radius 2 is 1.74 bits per heavy atom. The molecule has 1 unspecified atom stereocenters. The molecule has 2 aromatic carbocycles. The monoisotopic (exact) mass is 556 g/mol. The maximum absolute atomic E-state index is 13.7. The van der Waals surface area contributed by atoms with Crippen molar-refractivity contribution in [1.82, 2.24) is 14.1 Å². The number of benzene rings is 2. The maximum atomic E-state index is 13.7. The summed E-state index contributed by atoms with van der Waals surface area (Å²) in [7, 11) is -3.46. The number of anilines is 1. The summed E-state index contributed by atoms with van der Waals surface area (Å²) >= 11 is 6.18. The van der Waals surface area contributed by atoms with Gasteiger partial charge in [-0.2, -0.15) is 14.1 Å². The molecule has 1 atom stereocenters. The normalized spacial score (nSPS) is 18.0. The van der Waals surface area contributed by atoms with E-state index in [-0.39, 0.29) is 23.2 Å². The first-order valence-corrected chi connectivity index (χ1v) is 15.1. The fourth-order valence-electron chi connectivity index (χ4n) is 5.35. The van der Waals surface area contributed by atoms with E-state index in [1.807, 2.05) is 42.2 Å². The summed E-state index contributed by atoms with van der Waals surface area (Å²) in [6.45, 7) is 3.54. The minimum atomic E-state index is -3.46. The highest BCUT2D eigenvalue weighted by atomic mass is 35.5. The summed E-state index contributed by atoms with van der Waals surface area (Å²) in [6.07, 6.45) is 6.05. The van der Waals surface area contributed by atoms with Crippen LogP contribution in [0.25, 0.3) is 5.69 Å². The van der Waals surface area contributed by atoms with Crippen molar-refractivity contribution < 1.29 is 13.2 Å². The molecule has 2 heterocycles. The summed E-state index contributed by atoms with van der Waals surface area (Å²) < 4.78 is 35.3. The number of rotatable bonds is 8. The maximum Gasteiger partial charge on any atom is 0.316 e. The number of hydrogen-bond acceptors (Lipinski definition) is 6. The number of nitrogens with zero attached hydrogens (tertiary/aromatic N) is 4. The van der Waals surface area contributed by atoms with Gasteiger partial charge in [-0.15, -0.1) is 0 Å². The zero-order valence-corrected chi connectivity index (χ0v) is 23.1. The van der Waals surface area contributed by atoms with E-state index in [2.05, 4.69) is 5.10 Å². The Hall–Kier alpha value is -2.88. The van der Waals surface area contributed by atoms with E-state index in [4.69, 9.17) is 16.3 Å². The van der Waals surface area contributed by atoms with Gasteiger partial charge in [-0.05, 0) is 49.4 Å². The lowest BCUT2D eigenvalue weighted by Crippen LogP contribution is -2.49. The molecule has 1 saturated heterocycles. The lowest BCUT2D eigenvalue weighted by Gasteiger charge is -2.36. The van der Waals surface area contributed by atoms with E-state index in [1.54, 1.807) is 30.5 Å². The van der Waals surface area contributed by atoms with Gasteiger partial charge in [-0.3, -0.25) is 4.79 Å². The van der Waals surface area contributed by atoms with Crippen molar-refractivity contribution in [3.8, 4) is 11.4 Å². The number of ether oxygens (including phenoxy) is 1. The predicted octanol–water partition coefficient (Wildman–Crippen LogP) is 4.50. The average Bonchev–Trinajstić information content (AvgIpc) is 3.46. The molecule has 2 fully saturated rings. The first-order valence-electron chi connectivity index (χ1n) is 13.1. The van der Waals surface area contributed by atoms with Gasteiger partial charge in [0.1, 0.15) is 5.69 Å². The van der Waals surface area contributed by atoms with Crippen LogP contribution in [0.3, 0.4) is 0 Å². The third-order valence-electron chi connectivity index (χ3n) is 7.50. The summed E-state index contributed by atoms with van der Waals surface area (Å²) in [5.74, 6) is 0.619. The van der Waals surface area contributed by atoms with Gasteiger partial charge in [0.15, 0.2) is 0 Å². The largest absolute Gasteiger partial charge is 0.483 e. The zero-order chi connectivity index (χ0) is 26.7. The molecule has 0 radical (unpaired) electrons. The van der Waals surface area contributed by atoms with Crippen LogP contribution in [0.5, 0.6) is 5.75 Å². The van der Waals surface area contributed by atoms with Gasteiger partial charge in [-0.1, -0.05) is 60.8 Å². The highest BCUT2D eigenvalue weighted by Crippen LogP contribution is 2.33. The second-order valence-corrected chi connectivity index (χ2v) is 12.5. The van der Waals surface area contributed by atoms with Gasteiger partial charge < -0.3 is 9.64 Å². The highest BCUT2D eigenvalue weighted by molar-refractivity contribution is 7.88. The topological polar surface area (TPSA) is 84.7 Å². The second-order valence-electron chi connectivity index (χ2n) is 10.1. The Bertz CT molecular complexity index is 1420. The molecule has 2 aliphatic rings. The molecule has 1 aliphatic carbocycles. The molecule has 0 N–H and O–H groups in total. The minimum Gasteiger partial charge on any atom is -0.483 e. The third kappa shape index (κ3) is 5.90. The molecule has 0 bridgehead atoms. The van der Waals surface area contributed by atoms with Crippen molar-refractivity contribution in [2.24, 2.45) is 5.92 Å². The van der Waals surface area contributed by atoms with Gasteiger partial charge in [-0.25, -0.2) is 8.42 Å².